The lowest BCUT2D eigenvalue weighted by atomic mass is 9.94. The normalized spacial score (nSPS) is 13.4. The van der Waals surface area contributed by atoms with Crippen LogP contribution in [-0.2, 0) is 0 Å². The van der Waals surface area contributed by atoms with E-state index in [-0.39, 0.29) is 0 Å². The third-order valence-electron chi connectivity index (χ3n) is 9.75. The van der Waals surface area contributed by atoms with Crippen LogP contribution in [0, 0.1) is 11.3 Å². The quantitative estimate of drug-likeness (QED) is 0.124. The van der Waals surface area contributed by atoms with E-state index in [0.717, 1.165) is 62.6 Å². The highest BCUT2D eigenvalue weighted by atomic mass is 15.1. The summed E-state index contributed by atoms with van der Waals surface area (Å²) in [6, 6.07) is 43.6. The molecule has 250 valence electrons. The van der Waals surface area contributed by atoms with Crippen molar-refractivity contribution in [1.29, 1.82) is 5.26 Å². The summed E-state index contributed by atoms with van der Waals surface area (Å²) in [5.74, 6) is 0.624. The molecular formula is C48H33N5. The summed E-state index contributed by atoms with van der Waals surface area (Å²) in [7, 11) is 0. The molecule has 3 heterocycles. The Morgan fingerprint density at radius 2 is 1.49 bits per heavy atom. The molecule has 5 heteroatoms. The van der Waals surface area contributed by atoms with Gasteiger partial charge in [0.25, 0.3) is 0 Å². The van der Waals surface area contributed by atoms with Crippen LogP contribution in [0.25, 0.3) is 67.0 Å². The molecule has 0 spiro atoms. The molecule has 5 aromatic carbocycles. The second-order valence-corrected chi connectivity index (χ2v) is 13.0. The van der Waals surface area contributed by atoms with Crippen molar-refractivity contribution >= 4 is 33.1 Å². The van der Waals surface area contributed by atoms with Crippen LogP contribution in [0.3, 0.4) is 0 Å². The average molecular weight is 680 g/mol. The lowest BCUT2D eigenvalue weighted by Gasteiger charge is -2.29. The van der Waals surface area contributed by atoms with Crippen LogP contribution in [0.15, 0.2) is 181 Å². The number of nitriles is 1. The second-order valence-electron chi connectivity index (χ2n) is 13.0. The molecule has 0 amide bonds. The Balaban J connectivity index is 1.18. The molecule has 5 nitrogen and oxygen atoms in total. The Hall–Kier alpha value is -7.25. The molecule has 2 bridgehead atoms. The van der Waals surface area contributed by atoms with E-state index in [1.165, 1.54) is 22.0 Å². The molecule has 0 unspecified atom stereocenters. The molecule has 2 aliphatic rings. The Morgan fingerprint density at radius 1 is 0.717 bits per heavy atom. The van der Waals surface area contributed by atoms with Gasteiger partial charge < -0.3 is 9.47 Å². The van der Waals surface area contributed by atoms with Crippen LogP contribution in [0.4, 0.5) is 5.69 Å². The molecule has 0 N–H and O–H groups in total. The number of anilines is 1. The number of hydrogen-bond acceptors (Lipinski definition) is 4. The van der Waals surface area contributed by atoms with Crippen LogP contribution in [0.2, 0.25) is 0 Å². The lowest BCUT2D eigenvalue weighted by molar-refractivity contribution is 1.04. The first-order valence-corrected chi connectivity index (χ1v) is 17.7. The number of nitrogens with zero attached hydrogens (tertiary/aromatic N) is 5. The molecule has 9 rings (SSSR count). The van der Waals surface area contributed by atoms with E-state index in [0.29, 0.717) is 11.4 Å². The molecular weight excluding hydrogens is 647 g/mol. The highest BCUT2D eigenvalue weighted by Crippen LogP contribution is 2.45. The first-order chi connectivity index (χ1) is 26.2. The molecule has 53 heavy (non-hydrogen) atoms. The molecule has 7 aromatic rings. The van der Waals surface area contributed by atoms with Crippen molar-refractivity contribution in [3.8, 4) is 45.7 Å². The maximum absolute atomic E-state index is 9.58. The van der Waals surface area contributed by atoms with Crippen molar-refractivity contribution in [1.82, 2.24) is 14.5 Å². The molecule has 2 aromatic heterocycles. The fourth-order valence-electron chi connectivity index (χ4n) is 7.32. The van der Waals surface area contributed by atoms with Crippen LogP contribution >= 0.6 is 0 Å². The molecule has 0 fully saturated rings. The van der Waals surface area contributed by atoms with E-state index in [4.69, 9.17) is 9.97 Å². The van der Waals surface area contributed by atoms with E-state index in [1.54, 1.807) is 0 Å². The van der Waals surface area contributed by atoms with Gasteiger partial charge in [-0.2, -0.15) is 5.26 Å². The van der Waals surface area contributed by atoms with Gasteiger partial charge in [-0.25, -0.2) is 9.97 Å². The van der Waals surface area contributed by atoms with Crippen LogP contribution in [0.5, 0.6) is 0 Å². The minimum Gasteiger partial charge on any atom is -0.331 e. The number of para-hydroxylation sites is 1. The van der Waals surface area contributed by atoms with Gasteiger partial charge in [-0.3, -0.25) is 0 Å². The summed E-state index contributed by atoms with van der Waals surface area (Å²) in [5.41, 5.74) is 16.5. The van der Waals surface area contributed by atoms with E-state index < -0.39 is 0 Å². The SMILES string of the molecule is C/C=C\C=C/CN1C2=C=C(C=CC=C2)c2c1ccc1c2c2ccccc2n1-c1ccc(-c2nc(-c3ccccc3)cc(-c3cccc(C#N)c3)n2)cc1. The van der Waals surface area contributed by atoms with Gasteiger partial charge in [0, 0.05) is 50.8 Å². The van der Waals surface area contributed by atoms with E-state index >= 15 is 0 Å². The zero-order chi connectivity index (χ0) is 35.7. The van der Waals surface area contributed by atoms with Gasteiger partial charge in [-0.1, -0.05) is 103 Å². The van der Waals surface area contributed by atoms with Crippen molar-refractivity contribution in [2.75, 3.05) is 11.4 Å². The largest absolute Gasteiger partial charge is 0.331 e. The van der Waals surface area contributed by atoms with Gasteiger partial charge in [0.2, 0.25) is 0 Å². The second kappa shape index (κ2) is 13.5. The number of hydrogen-bond donors (Lipinski definition) is 0. The van der Waals surface area contributed by atoms with Gasteiger partial charge in [0.15, 0.2) is 5.82 Å². The van der Waals surface area contributed by atoms with Crippen molar-refractivity contribution in [2.24, 2.45) is 0 Å². The van der Waals surface area contributed by atoms with Crippen LogP contribution in [-0.4, -0.2) is 21.1 Å². The summed E-state index contributed by atoms with van der Waals surface area (Å²) < 4.78 is 2.35. The fraction of sp³-hybridized carbons (Fsp3) is 0.0417. The first-order valence-electron chi connectivity index (χ1n) is 17.7. The smallest absolute Gasteiger partial charge is 0.160 e. The molecule has 0 radical (unpaired) electrons. The third kappa shape index (κ3) is 5.70. The zero-order valence-corrected chi connectivity index (χ0v) is 29.1. The van der Waals surface area contributed by atoms with Crippen LogP contribution in [0.1, 0.15) is 18.1 Å². The van der Waals surface area contributed by atoms with Gasteiger partial charge in [0.1, 0.15) is 0 Å². The van der Waals surface area contributed by atoms with Gasteiger partial charge in [-0.05, 0) is 79.7 Å². The number of rotatable bonds is 7. The summed E-state index contributed by atoms with van der Waals surface area (Å²) in [6.07, 6.45) is 16.9. The molecule has 0 saturated carbocycles. The predicted octanol–water partition coefficient (Wildman–Crippen LogP) is 11.4. The summed E-state index contributed by atoms with van der Waals surface area (Å²) in [4.78, 5) is 12.4. The van der Waals surface area contributed by atoms with Crippen molar-refractivity contribution < 1.29 is 0 Å². The van der Waals surface area contributed by atoms with E-state index in [2.05, 4.69) is 137 Å². The highest BCUT2D eigenvalue weighted by Gasteiger charge is 2.26. The maximum atomic E-state index is 9.58. The standard InChI is InChI=1S/C48H33N5/c1-2-3-4-12-28-52-39-19-9-8-17-37(30-39)46-44(52)26-27-45-47(46)40-20-10-11-21-43(40)53(45)38-24-22-35(23-25-38)48-50-41(34-15-6-5-7-16-34)31-42(51-48)36-18-13-14-33(29-36)32-49/h2-27,29,31H,28H2,1H3/b3-2-,12-4-. The average Bonchev–Trinajstić information content (AvgIpc) is 3.41. The number of aromatic nitrogens is 3. The molecule has 1 aliphatic carbocycles. The van der Waals surface area contributed by atoms with E-state index in [1.807, 2.05) is 61.5 Å². The number of fused-ring (bicyclic) bond motifs is 6. The first kappa shape index (κ1) is 31.7. The van der Waals surface area contributed by atoms with Crippen LogP contribution < -0.4 is 4.90 Å². The summed E-state index contributed by atoms with van der Waals surface area (Å²) in [5, 5.41) is 12.0. The molecule has 0 saturated heterocycles. The Morgan fingerprint density at radius 3 is 2.32 bits per heavy atom. The van der Waals surface area contributed by atoms with Gasteiger partial charge in [-0.15, -0.1) is 0 Å². The summed E-state index contributed by atoms with van der Waals surface area (Å²) in [6.45, 7) is 2.77. The summed E-state index contributed by atoms with van der Waals surface area (Å²) >= 11 is 0. The number of allylic oxidation sites excluding steroid dienone is 7. The zero-order valence-electron chi connectivity index (χ0n) is 29.1. The third-order valence-corrected chi connectivity index (χ3v) is 9.75. The Kier molecular flexibility index (Phi) is 8.06. The predicted molar refractivity (Wildman–Crippen MR) is 217 cm³/mol. The maximum Gasteiger partial charge on any atom is 0.160 e. The fourth-order valence-corrected chi connectivity index (χ4v) is 7.32. The van der Waals surface area contributed by atoms with Gasteiger partial charge in [0.05, 0.1) is 45.4 Å². The topological polar surface area (TPSA) is 57.7 Å². The minimum absolute atomic E-state index is 0.592. The van der Waals surface area contributed by atoms with Gasteiger partial charge >= 0.3 is 0 Å². The van der Waals surface area contributed by atoms with Crippen molar-refractivity contribution in [3.63, 3.8) is 0 Å². The Bertz CT molecular complexity index is 2800. The van der Waals surface area contributed by atoms with E-state index in [9.17, 15) is 5.26 Å². The molecule has 0 atom stereocenters. The minimum atomic E-state index is 0.592. The van der Waals surface area contributed by atoms with Crippen molar-refractivity contribution in [2.45, 2.75) is 6.92 Å². The lowest BCUT2D eigenvalue weighted by Crippen LogP contribution is -2.24. The number of benzene rings is 5. The highest BCUT2D eigenvalue weighted by molar-refractivity contribution is 6.17. The van der Waals surface area contributed by atoms with Crippen molar-refractivity contribution in [3.05, 3.63) is 192 Å². The molecule has 1 aliphatic heterocycles. The Labute approximate surface area is 308 Å². The monoisotopic (exact) mass is 679 g/mol.